The highest BCUT2D eigenvalue weighted by Gasteiger charge is 2.39. The second-order valence-electron chi connectivity index (χ2n) is 8.43. The maximum Gasteiger partial charge on any atom is 0.416 e. The lowest BCUT2D eigenvalue weighted by atomic mass is 10.1. The fourth-order valence-electron chi connectivity index (χ4n) is 3.71. The van der Waals surface area contributed by atoms with Gasteiger partial charge in [-0.1, -0.05) is 53.0 Å². The maximum absolute atomic E-state index is 13.2. The summed E-state index contributed by atoms with van der Waals surface area (Å²) in [6.45, 7) is 2.14. The van der Waals surface area contributed by atoms with Crippen LogP contribution in [0.15, 0.2) is 60.2 Å². The van der Waals surface area contributed by atoms with E-state index >= 15 is 0 Å². The minimum Gasteiger partial charge on any atom is -0.493 e. The van der Waals surface area contributed by atoms with Crippen molar-refractivity contribution in [1.82, 2.24) is 5.32 Å². The molecular weight excluding hydrogens is 560 g/mol. The van der Waals surface area contributed by atoms with Gasteiger partial charge in [-0.3, -0.25) is 14.9 Å². The van der Waals surface area contributed by atoms with Gasteiger partial charge in [0.05, 0.1) is 28.4 Å². The predicted octanol–water partition coefficient (Wildman–Crippen LogP) is 6.57. The molecule has 1 N–H and O–H groups in total. The number of methoxy groups -OCH3 is 1. The summed E-state index contributed by atoms with van der Waals surface area (Å²) in [5.41, 5.74) is -0.0291. The molecule has 0 saturated carbocycles. The van der Waals surface area contributed by atoms with E-state index in [0.717, 1.165) is 23.3 Å². The van der Waals surface area contributed by atoms with Gasteiger partial charge in [-0.15, -0.1) is 0 Å². The monoisotopic (exact) mass is 578 g/mol. The van der Waals surface area contributed by atoms with Crippen molar-refractivity contribution in [2.24, 2.45) is 0 Å². The summed E-state index contributed by atoms with van der Waals surface area (Å²) in [6, 6.07) is 11.4. The van der Waals surface area contributed by atoms with Gasteiger partial charge in [-0.25, -0.2) is 9.69 Å². The molecule has 0 radical (unpaired) electrons. The van der Waals surface area contributed by atoms with Crippen molar-refractivity contribution in [2.75, 3.05) is 12.0 Å². The summed E-state index contributed by atoms with van der Waals surface area (Å²) < 4.78 is 51.0. The first-order valence-corrected chi connectivity index (χ1v) is 12.0. The van der Waals surface area contributed by atoms with Crippen LogP contribution in [-0.4, -0.2) is 25.0 Å². The molecule has 0 unspecified atom stereocenters. The van der Waals surface area contributed by atoms with Gasteiger partial charge in [0, 0.05) is 0 Å². The molecule has 12 heteroatoms. The van der Waals surface area contributed by atoms with Crippen molar-refractivity contribution in [3.05, 3.63) is 92.5 Å². The Morgan fingerprint density at radius 3 is 2.31 bits per heavy atom. The molecule has 4 amide bonds. The summed E-state index contributed by atoms with van der Waals surface area (Å²) in [5.74, 6) is -1.83. The predicted molar refractivity (Wildman–Crippen MR) is 139 cm³/mol. The van der Waals surface area contributed by atoms with E-state index in [4.69, 9.17) is 32.7 Å². The van der Waals surface area contributed by atoms with Crippen molar-refractivity contribution in [3.63, 3.8) is 0 Å². The Morgan fingerprint density at radius 1 is 0.974 bits per heavy atom. The molecule has 0 aliphatic carbocycles. The lowest BCUT2D eigenvalue weighted by Crippen LogP contribution is -2.54. The molecule has 0 aromatic heterocycles. The van der Waals surface area contributed by atoms with Crippen LogP contribution in [-0.2, 0) is 22.4 Å². The van der Waals surface area contributed by atoms with E-state index in [1.165, 1.54) is 19.2 Å². The Labute approximate surface area is 230 Å². The number of hydrogen-bond acceptors (Lipinski definition) is 5. The van der Waals surface area contributed by atoms with Gasteiger partial charge in [-0.05, 0) is 54.5 Å². The molecule has 3 aromatic carbocycles. The number of rotatable bonds is 6. The van der Waals surface area contributed by atoms with Gasteiger partial charge < -0.3 is 9.47 Å². The zero-order valence-corrected chi connectivity index (χ0v) is 21.9. The molecule has 7 nitrogen and oxygen atoms in total. The van der Waals surface area contributed by atoms with E-state index in [2.05, 4.69) is 0 Å². The Morgan fingerprint density at radius 2 is 1.67 bits per heavy atom. The van der Waals surface area contributed by atoms with Gasteiger partial charge >= 0.3 is 12.2 Å². The molecule has 1 saturated heterocycles. The van der Waals surface area contributed by atoms with Crippen molar-refractivity contribution >= 4 is 52.8 Å². The molecule has 1 fully saturated rings. The fourth-order valence-corrected chi connectivity index (χ4v) is 4.18. The third-order valence-corrected chi connectivity index (χ3v) is 6.28. The summed E-state index contributed by atoms with van der Waals surface area (Å²) in [6.07, 6.45) is -3.64. The van der Waals surface area contributed by atoms with Gasteiger partial charge in [0.25, 0.3) is 11.8 Å². The number of imide groups is 2. The second-order valence-corrected chi connectivity index (χ2v) is 9.24. The van der Waals surface area contributed by atoms with E-state index in [0.29, 0.717) is 17.0 Å². The summed E-state index contributed by atoms with van der Waals surface area (Å²) in [5, 5.41) is 1.74. The minimum absolute atomic E-state index is 0.103. The largest absolute Gasteiger partial charge is 0.493 e. The number of nitrogens with zero attached hydrogens (tertiary/aromatic N) is 1. The van der Waals surface area contributed by atoms with Crippen LogP contribution in [0.2, 0.25) is 10.0 Å². The fraction of sp³-hybridized carbons (Fsp3) is 0.148. The summed E-state index contributed by atoms with van der Waals surface area (Å²) in [7, 11) is 1.37. The SMILES string of the molecule is COc1cc(/C=C2/C(=O)NC(=O)N(c3cc(C(F)(F)F)ccc3Cl)C2=O)cc(Cl)c1OCc1ccc(C)cc1. The first kappa shape index (κ1) is 28.0. The first-order chi connectivity index (χ1) is 18.4. The van der Waals surface area contributed by atoms with Crippen LogP contribution in [0.25, 0.3) is 6.08 Å². The van der Waals surface area contributed by atoms with Gasteiger partial charge in [-0.2, -0.15) is 13.2 Å². The number of benzene rings is 3. The number of hydrogen-bond donors (Lipinski definition) is 1. The second kappa shape index (κ2) is 11.0. The maximum atomic E-state index is 13.2. The van der Waals surface area contributed by atoms with Crippen molar-refractivity contribution < 1.29 is 37.0 Å². The molecule has 3 aromatic rings. The van der Waals surface area contributed by atoms with Crippen molar-refractivity contribution in [3.8, 4) is 11.5 Å². The standard InChI is InChI=1S/C27H19Cl2F3N2O5/c1-14-3-5-15(6-4-14)13-39-23-20(29)10-16(11-22(23)38-2)9-18-24(35)33-26(37)34(25(18)36)21-12-17(27(30,31)32)7-8-19(21)28/h3-12H,13H2,1-2H3,(H,33,35,37)/b18-9-. The molecule has 0 bridgehead atoms. The minimum atomic E-state index is -4.76. The van der Waals surface area contributed by atoms with E-state index in [9.17, 15) is 27.6 Å². The van der Waals surface area contributed by atoms with Crippen LogP contribution in [0.3, 0.4) is 0 Å². The highest BCUT2D eigenvalue weighted by Crippen LogP contribution is 2.39. The number of carbonyl (C=O) groups excluding carboxylic acids is 3. The summed E-state index contributed by atoms with van der Waals surface area (Å²) >= 11 is 12.4. The molecule has 4 rings (SSSR count). The number of ether oxygens (including phenoxy) is 2. The molecule has 1 heterocycles. The number of anilines is 1. The highest BCUT2D eigenvalue weighted by molar-refractivity contribution is 6.42. The zero-order chi connectivity index (χ0) is 28.5. The van der Waals surface area contributed by atoms with Crippen LogP contribution in [0.5, 0.6) is 11.5 Å². The highest BCUT2D eigenvalue weighted by atomic mass is 35.5. The first-order valence-electron chi connectivity index (χ1n) is 11.2. The molecule has 0 atom stereocenters. The molecule has 1 aliphatic rings. The number of urea groups is 1. The number of alkyl halides is 3. The zero-order valence-electron chi connectivity index (χ0n) is 20.4. The van der Waals surface area contributed by atoms with Gasteiger partial charge in [0.15, 0.2) is 11.5 Å². The Balaban J connectivity index is 1.67. The number of halogens is 5. The van der Waals surface area contributed by atoms with Crippen LogP contribution in [0, 0.1) is 6.92 Å². The lowest BCUT2D eigenvalue weighted by Gasteiger charge is -2.27. The average molecular weight is 579 g/mol. The molecule has 0 spiro atoms. The van der Waals surface area contributed by atoms with Gasteiger partial charge in [0.1, 0.15) is 12.2 Å². The van der Waals surface area contributed by atoms with E-state index in [1.807, 2.05) is 36.5 Å². The molecule has 202 valence electrons. The Kier molecular flexibility index (Phi) is 7.89. The quantitative estimate of drug-likeness (QED) is 0.264. The van der Waals surface area contributed by atoms with Crippen LogP contribution < -0.4 is 19.7 Å². The number of amides is 4. The summed E-state index contributed by atoms with van der Waals surface area (Å²) in [4.78, 5) is 38.6. The normalized spacial score (nSPS) is 15.0. The Hall–Kier alpha value is -4.02. The lowest BCUT2D eigenvalue weighted by molar-refractivity contribution is -0.137. The van der Waals surface area contributed by atoms with E-state index in [1.54, 1.807) is 0 Å². The van der Waals surface area contributed by atoms with E-state index < -0.39 is 40.8 Å². The van der Waals surface area contributed by atoms with Crippen LogP contribution >= 0.6 is 23.2 Å². The molecule has 39 heavy (non-hydrogen) atoms. The van der Waals surface area contributed by atoms with Crippen molar-refractivity contribution in [2.45, 2.75) is 19.7 Å². The average Bonchev–Trinajstić information content (AvgIpc) is 2.87. The van der Waals surface area contributed by atoms with Crippen LogP contribution in [0.4, 0.5) is 23.7 Å². The number of carbonyl (C=O) groups is 3. The van der Waals surface area contributed by atoms with Crippen LogP contribution in [0.1, 0.15) is 22.3 Å². The Bertz CT molecular complexity index is 1500. The molecular formula is C27H19Cl2F3N2O5. The third kappa shape index (κ3) is 6.02. The number of barbiturate groups is 1. The number of aryl methyl sites for hydroxylation is 1. The molecule has 1 aliphatic heterocycles. The van der Waals surface area contributed by atoms with Crippen molar-refractivity contribution in [1.29, 1.82) is 0 Å². The van der Waals surface area contributed by atoms with E-state index in [-0.39, 0.29) is 33.7 Å². The smallest absolute Gasteiger partial charge is 0.416 e. The third-order valence-electron chi connectivity index (χ3n) is 5.68. The topological polar surface area (TPSA) is 84.9 Å². The number of nitrogens with one attached hydrogen (secondary N) is 1. The van der Waals surface area contributed by atoms with Gasteiger partial charge in [0.2, 0.25) is 0 Å².